The smallest absolute Gasteiger partial charge is 0.182 e. The molecule has 0 radical (unpaired) electrons. The van der Waals surface area contributed by atoms with Crippen molar-refractivity contribution >= 4 is 39.2 Å². The molecule has 0 spiro atoms. The molecule has 0 unspecified atom stereocenters. The third kappa shape index (κ3) is 2.45. The van der Waals surface area contributed by atoms with Gasteiger partial charge in [0, 0.05) is 10.2 Å². The molecule has 0 atom stereocenters. The summed E-state index contributed by atoms with van der Waals surface area (Å²) in [6.07, 6.45) is 2.28. The SMILES string of the molecule is CCCc1ccc(-n2c(=S)[nH]c3ccc(Br)cc32)cc1. The molecule has 3 aromatic rings. The van der Waals surface area contributed by atoms with Crippen LogP contribution in [0.25, 0.3) is 16.7 Å². The van der Waals surface area contributed by atoms with Gasteiger partial charge in [0.1, 0.15) is 0 Å². The average Bonchev–Trinajstić information content (AvgIpc) is 2.76. The van der Waals surface area contributed by atoms with Crippen LogP contribution in [-0.4, -0.2) is 9.55 Å². The highest BCUT2D eigenvalue weighted by atomic mass is 79.9. The molecule has 0 fully saturated rings. The van der Waals surface area contributed by atoms with Gasteiger partial charge in [0.2, 0.25) is 0 Å². The molecule has 0 aliphatic heterocycles. The first-order valence-electron chi connectivity index (χ1n) is 6.68. The number of rotatable bonds is 3. The molecule has 2 aromatic carbocycles. The summed E-state index contributed by atoms with van der Waals surface area (Å²) in [6, 6.07) is 14.8. The van der Waals surface area contributed by atoms with E-state index < -0.39 is 0 Å². The van der Waals surface area contributed by atoms with E-state index in [1.54, 1.807) is 0 Å². The van der Waals surface area contributed by atoms with Crippen molar-refractivity contribution in [2.75, 3.05) is 0 Å². The molecule has 0 saturated heterocycles. The topological polar surface area (TPSA) is 20.7 Å². The van der Waals surface area contributed by atoms with E-state index in [1.807, 2.05) is 12.1 Å². The van der Waals surface area contributed by atoms with Crippen LogP contribution in [0.15, 0.2) is 46.9 Å². The van der Waals surface area contributed by atoms with Crippen LogP contribution in [0.4, 0.5) is 0 Å². The minimum atomic E-state index is 0.723. The van der Waals surface area contributed by atoms with Gasteiger partial charge in [-0.3, -0.25) is 4.57 Å². The molecule has 1 heterocycles. The maximum atomic E-state index is 5.45. The fourth-order valence-electron chi connectivity index (χ4n) is 2.43. The summed E-state index contributed by atoms with van der Waals surface area (Å²) < 4.78 is 3.85. The second kappa shape index (κ2) is 5.54. The zero-order chi connectivity index (χ0) is 14.1. The van der Waals surface area contributed by atoms with Gasteiger partial charge < -0.3 is 4.98 Å². The highest BCUT2D eigenvalue weighted by molar-refractivity contribution is 9.10. The first kappa shape index (κ1) is 13.6. The Morgan fingerprint density at radius 2 is 1.90 bits per heavy atom. The standard InChI is InChI=1S/C16H15BrN2S/c1-2-3-11-4-7-13(8-5-11)19-15-10-12(17)6-9-14(15)18-16(19)20/h4-10H,2-3H2,1H3,(H,18,20). The Morgan fingerprint density at radius 1 is 1.15 bits per heavy atom. The van der Waals surface area contributed by atoms with Gasteiger partial charge in [-0.1, -0.05) is 41.4 Å². The van der Waals surface area contributed by atoms with Gasteiger partial charge in [0.25, 0.3) is 0 Å². The van der Waals surface area contributed by atoms with Gasteiger partial charge in [-0.25, -0.2) is 0 Å². The van der Waals surface area contributed by atoms with Crippen molar-refractivity contribution in [1.82, 2.24) is 9.55 Å². The number of H-pyrrole nitrogens is 1. The third-order valence-electron chi connectivity index (χ3n) is 3.38. The summed E-state index contributed by atoms with van der Waals surface area (Å²) in [5, 5.41) is 0. The average molecular weight is 347 g/mol. The van der Waals surface area contributed by atoms with Gasteiger partial charge in [-0.05, 0) is 54.5 Å². The van der Waals surface area contributed by atoms with Crippen molar-refractivity contribution in [3.05, 3.63) is 57.3 Å². The zero-order valence-electron chi connectivity index (χ0n) is 11.2. The summed E-state index contributed by atoms with van der Waals surface area (Å²) in [6.45, 7) is 2.20. The number of aryl methyl sites for hydroxylation is 1. The minimum Gasteiger partial charge on any atom is -0.330 e. The molecule has 0 saturated carbocycles. The van der Waals surface area contributed by atoms with Crippen LogP contribution < -0.4 is 0 Å². The maximum Gasteiger partial charge on any atom is 0.182 e. The van der Waals surface area contributed by atoms with E-state index in [0.717, 1.165) is 32.4 Å². The molecular formula is C16H15BrN2S. The first-order chi connectivity index (χ1) is 9.69. The largest absolute Gasteiger partial charge is 0.330 e. The zero-order valence-corrected chi connectivity index (χ0v) is 13.6. The Balaban J connectivity index is 2.15. The van der Waals surface area contributed by atoms with Crippen LogP contribution in [0.3, 0.4) is 0 Å². The van der Waals surface area contributed by atoms with Gasteiger partial charge >= 0.3 is 0 Å². The fourth-order valence-corrected chi connectivity index (χ4v) is 3.10. The number of hydrogen-bond donors (Lipinski definition) is 1. The first-order valence-corrected chi connectivity index (χ1v) is 7.89. The highest BCUT2D eigenvalue weighted by Crippen LogP contribution is 2.23. The third-order valence-corrected chi connectivity index (χ3v) is 4.16. The minimum absolute atomic E-state index is 0.723. The molecular weight excluding hydrogens is 332 g/mol. The molecule has 0 aliphatic carbocycles. The van der Waals surface area contributed by atoms with Gasteiger partial charge in [0.15, 0.2) is 4.77 Å². The predicted molar refractivity (Wildman–Crippen MR) is 90.2 cm³/mol. The van der Waals surface area contributed by atoms with Crippen LogP contribution in [0, 0.1) is 4.77 Å². The number of imidazole rings is 1. The molecule has 1 aromatic heterocycles. The quantitative estimate of drug-likeness (QED) is 0.629. The monoisotopic (exact) mass is 346 g/mol. The Morgan fingerprint density at radius 3 is 2.60 bits per heavy atom. The normalized spacial score (nSPS) is 11.1. The van der Waals surface area contributed by atoms with Crippen LogP contribution >= 0.6 is 28.1 Å². The molecule has 2 nitrogen and oxygen atoms in total. The van der Waals surface area contributed by atoms with E-state index in [0.29, 0.717) is 0 Å². The van der Waals surface area contributed by atoms with Crippen LogP contribution in [0.1, 0.15) is 18.9 Å². The molecule has 102 valence electrons. The van der Waals surface area contributed by atoms with E-state index >= 15 is 0 Å². The Kier molecular flexibility index (Phi) is 3.76. The molecule has 0 bridgehead atoms. The number of fused-ring (bicyclic) bond motifs is 1. The number of benzene rings is 2. The van der Waals surface area contributed by atoms with E-state index in [1.165, 1.54) is 12.0 Å². The molecule has 0 amide bonds. The van der Waals surface area contributed by atoms with Crippen molar-refractivity contribution in [3.8, 4) is 5.69 Å². The number of nitrogens with zero attached hydrogens (tertiary/aromatic N) is 1. The molecule has 3 rings (SSSR count). The summed E-state index contributed by atoms with van der Waals surface area (Å²) in [5.41, 5.74) is 4.60. The van der Waals surface area contributed by atoms with Crippen LogP contribution in [0.5, 0.6) is 0 Å². The maximum absolute atomic E-state index is 5.45. The molecule has 1 N–H and O–H groups in total. The summed E-state index contributed by atoms with van der Waals surface area (Å²) in [7, 11) is 0. The van der Waals surface area contributed by atoms with Gasteiger partial charge in [-0.15, -0.1) is 0 Å². The summed E-state index contributed by atoms with van der Waals surface area (Å²) >= 11 is 8.97. The Hall–Kier alpha value is -1.39. The summed E-state index contributed by atoms with van der Waals surface area (Å²) in [4.78, 5) is 3.25. The van der Waals surface area contributed by atoms with Crippen LogP contribution in [-0.2, 0) is 6.42 Å². The Bertz CT molecular complexity index is 799. The summed E-state index contributed by atoms with van der Waals surface area (Å²) in [5.74, 6) is 0. The number of halogens is 1. The highest BCUT2D eigenvalue weighted by Gasteiger charge is 2.07. The van der Waals surface area contributed by atoms with Gasteiger partial charge in [-0.2, -0.15) is 0 Å². The Labute approximate surface area is 131 Å². The lowest BCUT2D eigenvalue weighted by atomic mass is 10.1. The second-order valence-corrected chi connectivity index (χ2v) is 6.15. The lowest BCUT2D eigenvalue weighted by Crippen LogP contribution is -1.94. The van der Waals surface area contributed by atoms with Crippen molar-refractivity contribution in [2.45, 2.75) is 19.8 Å². The van der Waals surface area contributed by atoms with E-state index in [4.69, 9.17) is 12.2 Å². The lowest BCUT2D eigenvalue weighted by molar-refractivity contribution is 0.920. The molecule has 4 heteroatoms. The number of aromatic nitrogens is 2. The van der Waals surface area contributed by atoms with Crippen molar-refractivity contribution < 1.29 is 0 Å². The van der Waals surface area contributed by atoms with Crippen molar-refractivity contribution in [3.63, 3.8) is 0 Å². The van der Waals surface area contributed by atoms with E-state index in [2.05, 4.69) is 62.7 Å². The number of hydrogen-bond acceptors (Lipinski definition) is 1. The lowest BCUT2D eigenvalue weighted by Gasteiger charge is -2.06. The predicted octanol–water partition coefficient (Wildman–Crippen LogP) is 5.40. The number of nitrogens with one attached hydrogen (secondary N) is 1. The van der Waals surface area contributed by atoms with Gasteiger partial charge in [0.05, 0.1) is 11.0 Å². The van der Waals surface area contributed by atoms with E-state index in [9.17, 15) is 0 Å². The molecule has 20 heavy (non-hydrogen) atoms. The van der Waals surface area contributed by atoms with Crippen molar-refractivity contribution in [1.29, 1.82) is 0 Å². The fraction of sp³-hybridized carbons (Fsp3) is 0.188. The van der Waals surface area contributed by atoms with Crippen molar-refractivity contribution in [2.24, 2.45) is 0 Å². The number of aromatic amines is 1. The second-order valence-electron chi connectivity index (χ2n) is 4.84. The van der Waals surface area contributed by atoms with E-state index in [-0.39, 0.29) is 0 Å². The molecule has 0 aliphatic rings. The van der Waals surface area contributed by atoms with Crippen LogP contribution in [0.2, 0.25) is 0 Å².